The number of nitrogens with one attached hydrogen (secondary N) is 2. The maximum atomic E-state index is 12.1. The summed E-state index contributed by atoms with van der Waals surface area (Å²) in [5.74, 6) is -0.147. The first-order chi connectivity index (χ1) is 9.60. The number of hydrogen-bond donors (Lipinski definition) is 3. The third-order valence-electron chi connectivity index (χ3n) is 3.49. The van der Waals surface area contributed by atoms with E-state index in [0.717, 1.165) is 19.3 Å². The zero-order valence-corrected chi connectivity index (χ0v) is 11.4. The Bertz CT molecular complexity index is 487. The summed E-state index contributed by atoms with van der Waals surface area (Å²) in [5.41, 5.74) is 7.19. The van der Waals surface area contributed by atoms with Crippen LogP contribution in [0.15, 0.2) is 24.3 Å². The fourth-order valence-electron chi connectivity index (χ4n) is 2.35. The van der Waals surface area contributed by atoms with Gasteiger partial charge in [0.25, 0.3) is 0 Å². The number of carbonyl (C=O) groups excluding carboxylic acids is 2. The van der Waals surface area contributed by atoms with Gasteiger partial charge >= 0.3 is 6.09 Å². The molecule has 6 heteroatoms. The van der Waals surface area contributed by atoms with Crippen molar-refractivity contribution in [2.75, 3.05) is 17.7 Å². The molecule has 0 radical (unpaired) electrons. The van der Waals surface area contributed by atoms with Crippen molar-refractivity contribution in [3.8, 4) is 0 Å². The van der Waals surface area contributed by atoms with E-state index in [-0.39, 0.29) is 17.9 Å². The number of carbonyl (C=O) groups is 2. The molecule has 4 N–H and O–H groups in total. The van der Waals surface area contributed by atoms with Crippen molar-refractivity contribution in [3.05, 3.63) is 24.3 Å². The van der Waals surface area contributed by atoms with Crippen LogP contribution in [0.25, 0.3) is 0 Å². The average molecular weight is 277 g/mol. The second-order valence-electron chi connectivity index (χ2n) is 4.88. The predicted octanol–water partition coefficient (Wildman–Crippen LogP) is 1.93. The Kier molecular flexibility index (Phi) is 4.57. The van der Waals surface area contributed by atoms with Gasteiger partial charge in [-0.2, -0.15) is 0 Å². The van der Waals surface area contributed by atoms with Gasteiger partial charge in [-0.15, -0.1) is 0 Å². The standard InChI is InChI=1S/C14H19N3O3/c1-20-14(19)17-10-7-5-9(6-8-10)16-13(18)11-3-2-4-12(11)15/h5-8,11-12H,2-4,15H2,1H3,(H,16,18)(H,17,19). The van der Waals surface area contributed by atoms with E-state index in [1.165, 1.54) is 7.11 Å². The summed E-state index contributed by atoms with van der Waals surface area (Å²) >= 11 is 0. The Labute approximate surface area is 117 Å². The average Bonchev–Trinajstić information content (AvgIpc) is 2.87. The fraction of sp³-hybridized carbons (Fsp3) is 0.429. The van der Waals surface area contributed by atoms with Crippen LogP contribution in [0.4, 0.5) is 16.2 Å². The monoisotopic (exact) mass is 277 g/mol. The molecule has 0 aromatic heterocycles. The van der Waals surface area contributed by atoms with Crippen LogP contribution in [0.3, 0.4) is 0 Å². The molecule has 1 aromatic carbocycles. The molecule has 0 saturated heterocycles. The van der Waals surface area contributed by atoms with Crippen LogP contribution in [-0.2, 0) is 9.53 Å². The molecular weight excluding hydrogens is 258 g/mol. The van der Waals surface area contributed by atoms with E-state index in [1.54, 1.807) is 24.3 Å². The number of ether oxygens (including phenoxy) is 1. The second-order valence-corrected chi connectivity index (χ2v) is 4.88. The van der Waals surface area contributed by atoms with E-state index in [4.69, 9.17) is 5.73 Å². The molecule has 1 aliphatic rings. The Hall–Kier alpha value is -2.08. The lowest BCUT2D eigenvalue weighted by molar-refractivity contribution is -0.120. The minimum absolute atomic E-state index is 0.0383. The van der Waals surface area contributed by atoms with E-state index < -0.39 is 6.09 Å². The largest absolute Gasteiger partial charge is 0.453 e. The fourth-order valence-corrected chi connectivity index (χ4v) is 2.35. The number of rotatable bonds is 3. The first kappa shape index (κ1) is 14.3. The van der Waals surface area contributed by atoms with Crippen molar-refractivity contribution in [2.24, 2.45) is 11.7 Å². The van der Waals surface area contributed by atoms with E-state index >= 15 is 0 Å². The molecule has 1 fully saturated rings. The van der Waals surface area contributed by atoms with Crippen molar-refractivity contribution in [1.82, 2.24) is 0 Å². The molecule has 6 nitrogen and oxygen atoms in total. The predicted molar refractivity (Wildman–Crippen MR) is 76.4 cm³/mol. The van der Waals surface area contributed by atoms with Crippen LogP contribution in [-0.4, -0.2) is 25.2 Å². The van der Waals surface area contributed by atoms with Crippen LogP contribution in [0.1, 0.15) is 19.3 Å². The third kappa shape index (κ3) is 3.48. The molecule has 2 unspecified atom stereocenters. The van der Waals surface area contributed by atoms with Crippen molar-refractivity contribution in [3.63, 3.8) is 0 Å². The Morgan fingerprint density at radius 1 is 1.15 bits per heavy atom. The molecular formula is C14H19N3O3. The smallest absolute Gasteiger partial charge is 0.411 e. The highest BCUT2D eigenvalue weighted by Crippen LogP contribution is 2.25. The van der Waals surface area contributed by atoms with Gasteiger partial charge in [0.15, 0.2) is 0 Å². The molecule has 2 amide bonds. The third-order valence-corrected chi connectivity index (χ3v) is 3.49. The summed E-state index contributed by atoms with van der Waals surface area (Å²) in [5, 5.41) is 5.39. The topological polar surface area (TPSA) is 93.5 Å². The van der Waals surface area contributed by atoms with Gasteiger partial charge in [-0.05, 0) is 37.1 Å². The molecule has 0 heterocycles. The highest BCUT2D eigenvalue weighted by Gasteiger charge is 2.30. The minimum Gasteiger partial charge on any atom is -0.453 e. The SMILES string of the molecule is COC(=O)Nc1ccc(NC(=O)C2CCCC2N)cc1. The van der Waals surface area contributed by atoms with Crippen LogP contribution in [0, 0.1) is 5.92 Å². The molecule has 2 atom stereocenters. The molecule has 1 saturated carbocycles. The molecule has 1 aliphatic carbocycles. The zero-order chi connectivity index (χ0) is 14.5. The molecule has 0 spiro atoms. The van der Waals surface area contributed by atoms with Gasteiger partial charge in [-0.25, -0.2) is 4.79 Å². The van der Waals surface area contributed by atoms with Crippen molar-refractivity contribution < 1.29 is 14.3 Å². The van der Waals surface area contributed by atoms with Crippen LogP contribution in [0.5, 0.6) is 0 Å². The summed E-state index contributed by atoms with van der Waals surface area (Å²) in [6.07, 6.45) is 2.22. The maximum absolute atomic E-state index is 12.1. The summed E-state index contributed by atoms with van der Waals surface area (Å²) in [7, 11) is 1.30. The highest BCUT2D eigenvalue weighted by atomic mass is 16.5. The number of anilines is 2. The van der Waals surface area contributed by atoms with Gasteiger partial charge in [0, 0.05) is 17.4 Å². The summed E-state index contributed by atoms with van der Waals surface area (Å²) in [6, 6.07) is 6.80. The van der Waals surface area contributed by atoms with E-state index in [2.05, 4.69) is 15.4 Å². The van der Waals surface area contributed by atoms with Crippen LogP contribution in [0.2, 0.25) is 0 Å². The lowest BCUT2D eigenvalue weighted by Crippen LogP contribution is -2.34. The summed E-state index contributed by atoms with van der Waals surface area (Å²) < 4.78 is 4.49. The van der Waals surface area contributed by atoms with Gasteiger partial charge in [0.2, 0.25) is 5.91 Å². The minimum atomic E-state index is -0.529. The lowest BCUT2D eigenvalue weighted by atomic mass is 10.0. The van der Waals surface area contributed by atoms with Gasteiger partial charge in [0.05, 0.1) is 13.0 Å². The highest BCUT2D eigenvalue weighted by molar-refractivity contribution is 5.93. The molecule has 1 aromatic rings. The number of nitrogens with two attached hydrogens (primary N) is 1. The number of benzene rings is 1. The maximum Gasteiger partial charge on any atom is 0.411 e. The van der Waals surface area contributed by atoms with Gasteiger partial charge < -0.3 is 15.8 Å². The first-order valence-corrected chi connectivity index (χ1v) is 6.61. The van der Waals surface area contributed by atoms with E-state index in [0.29, 0.717) is 11.4 Å². The normalized spacial score (nSPS) is 21.3. The second kappa shape index (κ2) is 6.38. The Morgan fingerprint density at radius 2 is 1.75 bits per heavy atom. The van der Waals surface area contributed by atoms with Crippen molar-refractivity contribution >= 4 is 23.4 Å². The quantitative estimate of drug-likeness (QED) is 0.787. The first-order valence-electron chi connectivity index (χ1n) is 6.61. The summed E-state index contributed by atoms with van der Waals surface area (Å²) in [6.45, 7) is 0. The van der Waals surface area contributed by atoms with E-state index in [9.17, 15) is 9.59 Å². The Morgan fingerprint density at radius 3 is 2.25 bits per heavy atom. The Balaban J connectivity index is 1.93. The van der Waals surface area contributed by atoms with Crippen LogP contribution >= 0.6 is 0 Å². The van der Waals surface area contributed by atoms with Crippen molar-refractivity contribution in [2.45, 2.75) is 25.3 Å². The van der Waals surface area contributed by atoms with Crippen molar-refractivity contribution in [1.29, 1.82) is 0 Å². The lowest BCUT2D eigenvalue weighted by Gasteiger charge is -2.15. The van der Waals surface area contributed by atoms with Gasteiger partial charge in [0.1, 0.15) is 0 Å². The van der Waals surface area contributed by atoms with E-state index in [1.807, 2.05) is 0 Å². The number of hydrogen-bond acceptors (Lipinski definition) is 4. The molecule has 20 heavy (non-hydrogen) atoms. The molecule has 2 rings (SSSR count). The molecule has 108 valence electrons. The number of methoxy groups -OCH3 is 1. The molecule has 0 aliphatic heterocycles. The van der Waals surface area contributed by atoms with Crippen LogP contribution < -0.4 is 16.4 Å². The summed E-state index contributed by atoms with van der Waals surface area (Å²) in [4.78, 5) is 23.1. The van der Waals surface area contributed by atoms with Gasteiger partial charge in [-0.1, -0.05) is 6.42 Å². The zero-order valence-electron chi connectivity index (χ0n) is 11.4. The number of amides is 2. The molecule has 0 bridgehead atoms. The van der Waals surface area contributed by atoms with Gasteiger partial charge in [-0.3, -0.25) is 10.1 Å².